The van der Waals surface area contributed by atoms with E-state index in [9.17, 15) is 10.2 Å². The van der Waals surface area contributed by atoms with E-state index in [1.807, 2.05) is 12.1 Å². The molecule has 2 aromatic carbocycles. The molecule has 2 aliphatic rings. The van der Waals surface area contributed by atoms with Gasteiger partial charge in [-0.05, 0) is 71.9 Å². The zero-order valence-electron chi connectivity index (χ0n) is 14.9. The van der Waals surface area contributed by atoms with Crippen LogP contribution in [0.2, 0.25) is 0 Å². The Morgan fingerprint density at radius 3 is 1.44 bits per heavy atom. The molecule has 132 valence electrons. The molecule has 0 bridgehead atoms. The Morgan fingerprint density at radius 1 is 0.640 bits per heavy atom. The van der Waals surface area contributed by atoms with E-state index in [2.05, 4.69) is 24.3 Å². The Morgan fingerprint density at radius 2 is 1.04 bits per heavy atom. The van der Waals surface area contributed by atoms with Crippen molar-refractivity contribution in [1.29, 1.82) is 0 Å². The quantitative estimate of drug-likeness (QED) is 0.718. The van der Waals surface area contributed by atoms with E-state index in [4.69, 9.17) is 0 Å². The first-order valence-corrected chi connectivity index (χ1v) is 9.84. The van der Waals surface area contributed by atoms with Crippen LogP contribution < -0.4 is 0 Å². The molecular weight excluding hydrogens is 308 g/mol. The van der Waals surface area contributed by atoms with Gasteiger partial charge in [-0.15, -0.1) is 0 Å². The van der Waals surface area contributed by atoms with Crippen LogP contribution >= 0.6 is 0 Å². The lowest BCUT2D eigenvalue weighted by Crippen LogP contribution is -1.98. The summed E-state index contributed by atoms with van der Waals surface area (Å²) >= 11 is 0. The van der Waals surface area contributed by atoms with Crippen LogP contribution in [0.1, 0.15) is 85.5 Å². The predicted molar refractivity (Wildman–Crippen MR) is 101 cm³/mol. The van der Waals surface area contributed by atoms with Gasteiger partial charge in [-0.25, -0.2) is 0 Å². The summed E-state index contributed by atoms with van der Waals surface area (Å²) in [5, 5.41) is 20.7. The van der Waals surface area contributed by atoms with Crippen molar-refractivity contribution in [3.63, 3.8) is 0 Å². The summed E-state index contributed by atoms with van der Waals surface area (Å²) in [5.41, 5.74) is 4.56. The van der Waals surface area contributed by atoms with Gasteiger partial charge < -0.3 is 10.2 Å². The van der Waals surface area contributed by atoms with Crippen molar-refractivity contribution in [1.82, 2.24) is 0 Å². The van der Waals surface area contributed by atoms with Crippen LogP contribution in [-0.4, -0.2) is 10.2 Å². The monoisotopic (exact) mass is 336 g/mol. The minimum Gasteiger partial charge on any atom is -0.508 e. The maximum Gasteiger partial charge on any atom is 0.119 e. The molecular formula is C23H28O2. The molecule has 0 aliphatic heterocycles. The maximum absolute atomic E-state index is 10.3. The maximum atomic E-state index is 10.3. The molecule has 0 aromatic heterocycles. The Hall–Kier alpha value is -1.96. The van der Waals surface area contributed by atoms with Crippen LogP contribution in [0.15, 0.2) is 36.4 Å². The van der Waals surface area contributed by atoms with Crippen LogP contribution in [-0.2, 0) is 6.42 Å². The predicted octanol–water partition coefficient (Wildman–Crippen LogP) is 6.00. The molecule has 0 spiro atoms. The number of rotatable bonds is 4. The molecule has 2 heteroatoms. The average molecular weight is 336 g/mol. The lowest BCUT2D eigenvalue weighted by Gasteiger charge is -2.15. The summed E-state index contributed by atoms with van der Waals surface area (Å²) < 4.78 is 0. The fourth-order valence-corrected chi connectivity index (χ4v) is 4.73. The summed E-state index contributed by atoms with van der Waals surface area (Å²) in [6.45, 7) is 0. The first-order chi connectivity index (χ1) is 12.2. The average Bonchev–Trinajstić information content (AvgIpc) is 3.32. The third-order valence-electron chi connectivity index (χ3n) is 6.24. The molecule has 2 N–H and O–H groups in total. The van der Waals surface area contributed by atoms with Crippen LogP contribution in [0.3, 0.4) is 0 Å². The van der Waals surface area contributed by atoms with Gasteiger partial charge in [-0.2, -0.15) is 0 Å². The Balaban J connectivity index is 1.60. The smallest absolute Gasteiger partial charge is 0.119 e. The van der Waals surface area contributed by atoms with Gasteiger partial charge in [-0.1, -0.05) is 49.9 Å². The van der Waals surface area contributed by atoms with E-state index in [0.717, 1.165) is 11.1 Å². The topological polar surface area (TPSA) is 40.5 Å². The van der Waals surface area contributed by atoms with Crippen molar-refractivity contribution in [2.45, 2.75) is 69.6 Å². The van der Waals surface area contributed by atoms with Gasteiger partial charge >= 0.3 is 0 Å². The summed E-state index contributed by atoms with van der Waals surface area (Å²) in [6, 6.07) is 12.1. The van der Waals surface area contributed by atoms with Crippen LogP contribution in [0.25, 0.3) is 0 Å². The highest BCUT2D eigenvalue weighted by molar-refractivity contribution is 5.45. The minimum absolute atomic E-state index is 0.340. The van der Waals surface area contributed by atoms with Crippen LogP contribution in [0.5, 0.6) is 11.5 Å². The van der Waals surface area contributed by atoms with Crippen LogP contribution in [0, 0.1) is 0 Å². The SMILES string of the molecule is Oc1ccc(C2CCCC2)cc1Cc1cc(C2CCCC2)ccc1O. The van der Waals surface area contributed by atoms with E-state index in [0.29, 0.717) is 29.8 Å². The van der Waals surface area contributed by atoms with Crippen molar-refractivity contribution in [2.75, 3.05) is 0 Å². The summed E-state index contributed by atoms with van der Waals surface area (Å²) in [4.78, 5) is 0. The number of hydrogen-bond acceptors (Lipinski definition) is 2. The van der Waals surface area contributed by atoms with E-state index < -0.39 is 0 Å². The molecule has 0 unspecified atom stereocenters. The van der Waals surface area contributed by atoms with Gasteiger partial charge in [0.15, 0.2) is 0 Å². The van der Waals surface area contributed by atoms with Crippen molar-refractivity contribution < 1.29 is 10.2 Å². The van der Waals surface area contributed by atoms with Crippen molar-refractivity contribution in [2.24, 2.45) is 0 Å². The van der Waals surface area contributed by atoms with Crippen LogP contribution in [0.4, 0.5) is 0 Å². The second-order valence-electron chi connectivity index (χ2n) is 7.92. The molecule has 0 heterocycles. The van der Waals surface area contributed by atoms with Gasteiger partial charge in [0, 0.05) is 6.42 Å². The van der Waals surface area contributed by atoms with E-state index in [-0.39, 0.29) is 0 Å². The molecule has 2 saturated carbocycles. The van der Waals surface area contributed by atoms with E-state index in [1.165, 1.54) is 62.5 Å². The largest absolute Gasteiger partial charge is 0.508 e. The Labute approximate surface area is 150 Å². The zero-order chi connectivity index (χ0) is 17.2. The fraction of sp³-hybridized carbons (Fsp3) is 0.478. The molecule has 2 fully saturated rings. The highest BCUT2D eigenvalue weighted by Crippen LogP contribution is 2.38. The normalized spacial score (nSPS) is 18.9. The number of hydrogen-bond donors (Lipinski definition) is 2. The molecule has 0 atom stereocenters. The number of aromatic hydroxyl groups is 2. The molecule has 25 heavy (non-hydrogen) atoms. The van der Waals surface area contributed by atoms with Gasteiger partial charge in [0.1, 0.15) is 11.5 Å². The van der Waals surface area contributed by atoms with Crippen molar-refractivity contribution in [3.05, 3.63) is 58.7 Å². The van der Waals surface area contributed by atoms with Gasteiger partial charge in [0.05, 0.1) is 0 Å². The third-order valence-corrected chi connectivity index (χ3v) is 6.24. The highest BCUT2D eigenvalue weighted by atomic mass is 16.3. The lowest BCUT2D eigenvalue weighted by molar-refractivity contribution is 0.462. The fourth-order valence-electron chi connectivity index (χ4n) is 4.73. The first-order valence-electron chi connectivity index (χ1n) is 9.84. The van der Waals surface area contributed by atoms with Gasteiger partial charge in [0.25, 0.3) is 0 Å². The molecule has 0 radical (unpaired) electrons. The van der Waals surface area contributed by atoms with E-state index in [1.54, 1.807) is 0 Å². The zero-order valence-corrected chi connectivity index (χ0v) is 14.9. The molecule has 2 aliphatic carbocycles. The number of benzene rings is 2. The Kier molecular flexibility index (Phi) is 4.70. The summed E-state index contributed by atoms with van der Waals surface area (Å²) in [5.74, 6) is 1.95. The molecule has 4 rings (SSSR count). The van der Waals surface area contributed by atoms with Gasteiger partial charge in [-0.3, -0.25) is 0 Å². The Bertz CT molecular complexity index is 674. The molecule has 2 aromatic rings. The third kappa shape index (κ3) is 3.53. The summed E-state index contributed by atoms with van der Waals surface area (Å²) in [7, 11) is 0. The minimum atomic E-state index is 0.340. The highest BCUT2D eigenvalue weighted by Gasteiger charge is 2.20. The molecule has 0 amide bonds. The number of phenolic OH excluding ortho intramolecular Hbond substituents is 2. The van der Waals surface area contributed by atoms with Crippen molar-refractivity contribution >= 4 is 0 Å². The second kappa shape index (κ2) is 7.11. The number of phenols is 2. The molecule has 0 saturated heterocycles. The lowest BCUT2D eigenvalue weighted by atomic mass is 9.91. The van der Waals surface area contributed by atoms with Gasteiger partial charge in [0.2, 0.25) is 0 Å². The van der Waals surface area contributed by atoms with Crippen molar-refractivity contribution in [3.8, 4) is 11.5 Å². The van der Waals surface area contributed by atoms with E-state index >= 15 is 0 Å². The second-order valence-corrected chi connectivity index (χ2v) is 7.92. The summed E-state index contributed by atoms with van der Waals surface area (Å²) in [6.07, 6.45) is 10.9. The first kappa shape index (κ1) is 16.5. The molecule has 2 nitrogen and oxygen atoms in total. The standard InChI is InChI=1S/C23H28O2/c24-22-11-9-18(16-5-1-2-6-16)13-20(22)15-21-14-19(10-12-23(21)25)17-7-3-4-8-17/h9-14,16-17,24-25H,1-8,15H2.